The first-order valence-corrected chi connectivity index (χ1v) is 5.62. The van der Waals surface area contributed by atoms with Crippen molar-refractivity contribution in [2.24, 2.45) is 5.73 Å². The molecule has 15 heavy (non-hydrogen) atoms. The molecule has 0 spiro atoms. The Morgan fingerprint density at radius 2 is 2.27 bits per heavy atom. The van der Waals surface area contributed by atoms with Crippen LogP contribution in [0.15, 0.2) is 12.3 Å². The predicted molar refractivity (Wildman–Crippen MR) is 62.8 cm³/mol. The molecule has 0 fully saturated rings. The second-order valence-electron chi connectivity index (χ2n) is 3.53. The summed E-state index contributed by atoms with van der Waals surface area (Å²) in [5.41, 5.74) is 5.45. The van der Waals surface area contributed by atoms with E-state index in [0.717, 1.165) is 24.6 Å². The average Bonchev–Trinajstić information content (AvgIpc) is 2.26. The van der Waals surface area contributed by atoms with Crippen molar-refractivity contribution in [2.45, 2.75) is 32.6 Å². The summed E-state index contributed by atoms with van der Waals surface area (Å²) in [6.07, 6.45) is 6.20. The van der Waals surface area contributed by atoms with Gasteiger partial charge in [-0.3, -0.25) is 0 Å². The van der Waals surface area contributed by atoms with Crippen molar-refractivity contribution in [2.75, 3.05) is 18.4 Å². The van der Waals surface area contributed by atoms with E-state index in [0.29, 0.717) is 6.54 Å². The fraction of sp³-hybridized carbons (Fsp3) is 0.636. The molecular formula is C11H20N4. The van der Waals surface area contributed by atoms with E-state index in [4.69, 9.17) is 5.73 Å². The third kappa shape index (κ3) is 4.74. The van der Waals surface area contributed by atoms with Crippen molar-refractivity contribution in [3.63, 3.8) is 0 Å². The van der Waals surface area contributed by atoms with Crippen molar-refractivity contribution in [1.29, 1.82) is 0 Å². The van der Waals surface area contributed by atoms with Crippen LogP contribution in [0.3, 0.4) is 0 Å². The van der Waals surface area contributed by atoms with Crippen molar-refractivity contribution >= 4 is 5.82 Å². The third-order valence-corrected chi connectivity index (χ3v) is 2.16. The Morgan fingerprint density at radius 1 is 1.40 bits per heavy atom. The Labute approximate surface area is 91.3 Å². The first-order chi connectivity index (χ1) is 7.36. The SMILES string of the molecule is CCCCCNc1ccnc(CCN)n1. The third-order valence-electron chi connectivity index (χ3n) is 2.16. The number of anilines is 1. The molecule has 3 N–H and O–H groups in total. The van der Waals surface area contributed by atoms with Gasteiger partial charge in [0.15, 0.2) is 0 Å². The Bertz CT molecular complexity index is 275. The van der Waals surface area contributed by atoms with Gasteiger partial charge in [0.1, 0.15) is 11.6 Å². The number of nitrogens with one attached hydrogen (secondary N) is 1. The highest BCUT2D eigenvalue weighted by molar-refractivity contribution is 5.32. The summed E-state index contributed by atoms with van der Waals surface area (Å²) in [7, 11) is 0. The fourth-order valence-electron chi connectivity index (χ4n) is 1.34. The van der Waals surface area contributed by atoms with E-state index in [1.165, 1.54) is 19.3 Å². The van der Waals surface area contributed by atoms with Gasteiger partial charge in [-0.05, 0) is 19.0 Å². The molecule has 1 aromatic rings. The molecular weight excluding hydrogens is 188 g/mol. The topological polar surface area (TPSA) is 63.8 Å². The van der Waals surface area contributed by atoms with Crippen LogP contribution in [0, 0.1) is 0 Å². The van der Waals surface area contributed by atoms with E-state index >= 15 is 0 Å². The molecule has 1 rings (SSSR count). The zero-order chi connectivity index (χ0) is 10.9. The van der Waals surface area contributed by atoms with Gasteiger partial charge >= 0.3 is 0 Å². The van der Waals surface area contributed by atoms with Gasteiger partial charge in [0.25, 0.3) is 0 Å². The van der Waals surface area contributed by atoms with Crippen LogP contribution in [-0.2, 0) is 6.42 Å². The zero-order valence-corrected chi connectivity index (χ0v) is 9.37. The normalized spacial score (nSPS) is 10.3. The number of hydrogen-bond donors (Lipinski definition) is 2. The van der Waals surface area contributed by atoms with E-state index in [-0.39, 0.29) is 0 Å². The lowest BCUT2D eigenvalue weighted by Crippen LogP contribution is -2.09. The average molecular weight is 208 g/mol. The first kappa shape index (κ1) is 11.9. The van der Waals surface area contributed by atoms with E-state index < -0.39 is 0 Å². The van der Waals surface area contributed by atoms with E-state index in [1.807, 2.05) is 6.07 Å². The summed E-state index contributed by atoms with van der Waals surface area (Å²) >= 11 is 0. The molecule has 0 radical (unpaired) electrons. The fourth-order valence-corrected chi connectivity index (χ4v) is 1.34. The molecule has 0 bridgehead atoms. The van der Waals surface area contributed by atoms with Gasteiger partial charge in [0.2, 0.25) is 0 Å². The van der Waals surface area contributed by atoms with Gasteiger partial charge in [0, 0.05) is 19.2 Å². The van der Waals surface area contributed by atoms with Crippen molar-refractivity contribution < 1.29 is 0 Å². The standard InChI is InChI=1S/C11H20N4/c1-2-3-4-8-13-11-6-9-14-10(15-11)5-7-12/h6,9H,2-5,7-8,12H2,1H3,(H,13,14,15). The first-order valence-electron chi connectivity index (χ1n) is 5.62. The van der Waals surface area contributed by atoms with Crippen LogP contribution in [0.2, 0.25) is 0 Å². The van der Waals surface area contributed by atoms with Crippen molar-refractivity contribution in [1.82, 2.24) is 9.97 Å². The lowest BCUT2D eigenvalue weighted by molar-refractivity contribution is 0.741. The quantitative estimate of drug-likeness (QED) is 0.668. The molecule has 0 saturated carbocycles. The largest absolute Gasteiger partial charge is 0.370 e. The maximum Gasteiger partial charge on any atom is 0.131 e. The van der Waals surface area contributed by atoms with Gasteiger partial charge < -0.3 is 11.1 Å². The van der Waals surface area contributed by atoms with E-state index in [9.17, 15) is 0 Å². The number of rotatable bonds is 7. The smallest absolute Gasteiger partial charge is 0.131 e. The molecule has 1 heterocycles. The summed E-state index contributed by atoms with van der Waals surface area (Å²) in [5, 5.41) is 3.29. The molecule has 0 amide bonds. The molecule has 4 heteroatoms. The monoisotopic (exact) mass is 208 g/mol. The van der Waals surface area contributed by atoms with E-state index in [1.54, 1.807) is 6.20 Å². The summed E-state index contributed by atoms with van der Waals surface area (Å²) in [6, 6.07) is 1.89. The van der Waals surface area contributed by atoms with Crippen molar-refractivity contribution in [3.05, 3.63) is 18.1 Å². The highest BCUT2D eigenvalue weighted by Crippen LogP contribution is 2.03. The summed E-state index contributed by atoms with van der Waals surface area (Å²) in [4.78, 5) is 8.50. The van der Waals surface area contributed by atoms with Crippen LogP contribution in [0.5, 0.6) is 0 Å². The second-order valence-corrected chi connectivity index (χ2v) is 3.53. The van der Waals surface area contributed by atoms with Crippen LogP contribution in [-0.4, -0.2) is 23.1 Å². The summed E-state index contributed by atoms with van der Waals surface area (Å²) < 4.78 is 0. The van der Waals surface area contributed by atoms with Gasteiger partial charge in [0.05, 0.1) is 0 Å². The summed E-state index contributed by atoms with van der Waals surface area (Å²) in [6.45, 7) is 3.77. The van der Waals surface area contributed by atoms with Crippen molar-refractivity contribution in [3.8, 4) is 0 Å². The molecule has 0 atom stereocenters. The Balaban J connectivity index is 2.36. The number of nitrogens with two attached hydrogens (primary N) is 1. The Hall–Kier alpha value is -1.16. The molecule has 0 aliphatic heterocycles. The molecule has 0 aromatic carbocycles. The highest BCUT2D eigenvalue weighted by Gasteiger charge is 1.97. The Morgan fingerprint density at radius 3 is 3.00 bits per heavy atom. The minimum Gasteiger partial charge on any atom is -0.370 e. The lowest BCUT2D eigenvalue weighted by atomic mass is 10.2. The second kappa shape index (κ2) is 7.17. The molecule has 1 aromatic heterocycles. The van der Waals surface area contributed by atoms with Crippen LogP contribution in [0.1, 0.15) is 32.0 Å². The number of aromatic nitrogens is 2. The Kier molecular flexibility index (Phi) is 5.70. The molecule has 0 unspecified atom stereocenters. The maximum absolute atomic E-state index is 5.45. The number of nitrogens with zero attached hydrogens (tertiary/aromatic N) is 2. The predicted octanol–water partition coefficient (Wildman–Crippen LogP) is 1.58. The molecule has 0 aliphatic carbocycles. The van der Waals surface area contributed by atoms with Gasteiger partial charge in [-0.1, -0.05) is 19.8 Å². The van der Waals surface area contributed by atoms with Crippen LogP contribution >= 0.6 is 0 Å². The van der Waals surface area contributed by atoms with Gasteiger partial charge in [-0.2, -0.15) is 0 Å². The molecule has 0 saturated heterocycles. The van der Waals surface area contributed by atoms with Crippen LogP contribution in [0.25, 0.3) is 0 Å². The lowest BCUT2D eigenvalue weighted by Gasteiger charge is -2.05. The number of hydrogen-bond acceptors (Lipinski definition) is 4. The van der Waals surface area contributed by atoms with Gasteiger partial charge in [-0.15, -0.1) is 0 Å². The van der Waals surface area contributed by atoms with Crippen LogP contribution < -0.4 is 11.1 Å². The maximum atomic E-state index is 5.45. The van der Waals surface area contributed by atoms with Gasteiger partial charge in [-0.25, -0.2) is 9.97 Å². The minimum absolute atomic E-state index is 0.597. The molecule has 4 nitrogen and oxygen atoms in total. The minimum atomic E-state index is 0.597. The highest BCUT2D eigenvalue weighted by atomic mass is 15.0. The van der Waals surface area contributed by atoms with Crippen LogP contribution in [0.4, 0.5) is 5.82 Å². The number of unbranched alkanes of at least 4 members (excludes halogenated alkanes) is 2. The molecule has 84 valence electrons. The summed E-state index contributed by atoms with van der Waals surface area (Å²) in [5.74, 6) is 1.72. The zero-order valence-electron chi connectivity index (χ0n) is 9.37. The molecule has 0 aliphatic rings. The van der Waals surface area contributed by atoms with E-state index in [2.05, 4.69) is 22.2 Å².